The minimum absolute atomic E-state index is 0. The van der Waals surface area contributed by atoms with E-state index in [1.54, 1.807) is 0 Å². The van der Waals surface area contributed by atoms with Crippen molar-refractivity contribution in [3.63, 3.8) is 0 Å². The molecule has 0 aromatic rings. The highest BCUT2D eigenvalue weighted by Gasteiger charge is 2.23. The normalized spacial score (nSPS) is 23.2. The van der Waals surface area contributed by atoms with Crippen LogP contribution >= 0.6 is 24.0 Å². The first-order chi connectivity index (χ1) is 12.1. The number of nitrogens with zero attached hydrogens (tertiary/aromatic N) is 3. The minimum atomic E-state index is -0.191. The van der Waals surface area contributed by atoms with Crippen molar-refractivity contribution >= 4 is 35.8 Å². The summed E-state index contributed by atoms with van der Waals surface area (Å²) in [6.45, 7) is 11.7. The van der Waals surface area contributed by atoms with Crippen LogP contribution in [0.5, 0.6) is 0 Å². The van der Waals surface area contributed by atoms with Gasteiger partial charge in [0.15, 0.2) is 5.96 Å². The summed E-state index contributed by atoms with van der Waals surface area (Å²) >= 11 is 0. The average Bonchev–Trinajstić information content (AvgIpc) is 2.59. The van der Waals surface area contributed by atoms with E-state index in [9.17, 15) is 4.79 Å². The van der Waals surface area contributed by atoms with Gasteiger partial charge in [-0.25, -0.2) is 0 Å². The molecule has 6 nitrogen and oxygen atoms in total. The number of nitrogens with one attached hydrogen (secondary N) is 1. The van der Waals surface area contributed by atoms with Crippen LogP contribution in [0.4, 0.5) is 0 Å². The molecule has 2 unspecified atom stereocenters. The van der Waals surface area contributed by atoms with Crippen molar-refractivity contribution in [3.8, 4) is 0 Å². The Morgan fingerprint density at radius 2 is 1.96 bits per heavy atom. The molecule has 2 heterocycles. The SMILES string of the molecule is CCNC(=NCC(C)CN1CCCCC1)N1CCCC(CC(N)=O)C1.I. The molecule has 2 saturated heterocycles. The van der Waals surface area contributed by atoms with Gasteiger partial charge in [0, 0.05) is 39.1 Å². The number of hydrogen-bond donors (Lipinski definition) is 2. The summed E-state index contributed by atoms with van der Waals surface area (Å²) < 4.78 is 0. The number of halogens is 1. The molecule has 0 bridgehead atoms. The summed E-state index contributed by atoms with van der Waals surface area (Å²) in [5, 5.41) is 3.43. The summed E-state index contributed by atoms with van der Waals surface area (Å²) in [5.41, 5.74) is 5.38. The molecule has 26 heavy (non-hydrogen) atoms. The van der Waals surface area contributed by atoms with Crippen LogP contribution in [0, 0.1) is 11.8 Å². The van der Waals surface area contributed by atoms with Crippen LogP contribution in [0.2, 0.25) is 0 Å². The Morgan fingerprint density at radius 1 is 1.23 bits per heavy atom. The second-order valence-corrected chi connectivity index (χ2v) is 7.79. The molecule has 2 aliphatic rings. The predicted molar refractivity (Wildman–Crippen MR) is 119 cm³/mol. The summed E-state index contributed by atoms with van der Waals surface area (Å²) in [6, 6.07) is 0. The fourth-order valence-electron chi connectivity index (χ4n) is 4.02. The first-order valence-corrected chi connectivity index (χ1v) is 10.1. The van der Waals surface area contributed by atoms with E-state index in [-0.39, 0.29) is 29.9 Å². The number of likely N-dealkylation sites (tertiary alicyclic amines) is 2. The van der Waals surface area contributed by atoms with Crippen LogP contribution in [0.15, 0.2) is 4.99 Å². The van der Waals surface area contributed by atoms with Gasteiger partial charge in [0.05, 0.1) is 0 Å². The first kappa shape index (κ1) is 23.5. The molecule has 2 fully saturated rings. The van der Waals surface area contributed by atoms with Crippen LogP contribution in [-0.2, 0) is 4.79 Å². The van der Waals surface area contributed by atoms with Crippen molar-refractivity contribution < 1.29 is 4.79 Å². The number of guanidine groups is 1. The van der Waals surface area contributed by atoms with Crippen molar-refractivity contribution in [1.29, 1.82) is 0 Å². The highest BCUT2D eigenvalue weighted by atomic mass is 127. The molecular weight excluding hydrogens is 441 g/mol. The third-order valence-corrected chi connectivity index (χ3v) is 5.21. The number of aliphatic imine (C=N–C) groups is 1. The molecule has 0 saturated carbocycles. The monoisotopic (exact) mass is 479 g/mol. The number of nitrogens with two attached hydrogens (primary N) is 1. The maximum Gasteiger partial charge on any atom is 0.217 e. The molecule has 0 aromatic carbocycles. The average molecular weight is 479 g/mol. The van der Waals surface area contributed by atoms with Gasteiger partial charge in [-0.3, -0.25) is 9.79 Å². The van der Waals surface area contributed by atoms with Gasteiger partial charge in [-0.1, -0.05) is 13.3 Å². The number of carbonyl (C=O) groups is 1. The zero-order valence-electron chi connectivity index (χ0n) is 16.6. The smallest absolute Gasteiger partial charge is 0.217 e. The maximum absolute atomic E-state index is 11.2. The standard InChI is InChI=1S/C19H37N5O.HI/c1-3-21-19(24-11-7-8-17(15-24)12-18(20)25)22-13-16(2)14-23-9-5-4-6-10-23;/h16-17H,3-15H2,1-2H3,(H2,20,25)(H,21,22);1H. The van der Waals surface area contributed by atoms with Crippen LogP contribution in [-0.4, -0.2) is 67.5 Å². The molecule has 0 spiro atoms. The maximum atomic E-state index is 11.2. The fourth-order valence-corrected chi connectivity index (χ4v) is 4.02. The highest BCUT2D eigenvalue weighted by Crippen LogP contribution is 2.19. The Labute approximate surface area is 176 Å². The van der Waals surface area contributed by atoms with Crippen LogP contribution < -0.4 is 11.1 Å². The molecule has 2 aliphatic heterocycles. The highest BCUT2D eigenvalue weighted by molar-refractivity contribution is 14.0. The number of primary amides is 1. The third kappa shape index (κ3) is 8.41. The summed E-state index contributed by atoms with van der Waals surface area (Å²) in [4.78, 5) is 21.0. The van der Waals surface area contributed by atoms with E-state index in [0.29, 0.717) is 18.3 Å². The van der Waals surface area contributed by atoms with E-state index < -0.39 is 0 Å². The molecule has 7 heteroatoms. The molecular formula is C19H38IN5O. The van der Waals surface area contributed by atoms with Gasteiger partial charge in [0.1, 0.15) is 0 Å². The first-order valence-electron chi connectivity index (χ1n) is 10.1. The largest absolute Gasteiger partial charge is 0.370 e. The van der Waals surface area contributed by atoms with Gasteiger partial charge in [-0.05, 0) is 57.5 Å². The lowest BCUT2D eigenvalue weighted by molar-refractivity contribution is -0.119. The van der Waals surface area contributed by atoms with Crippen LogP contribution in [0.3, 0.4) is 0 Å². The Balaban J connectivity index is 0.00000338. The fraction of sp³-hybridized carbons (Fsp3) is 0.895. The van der Waals surface area contributed by atoms with E-state index in [0.717, 1.165) is 51.5 Å². The molecule has 152 valence electrons. The van der Waals surface area contributed by atoms with E-state index in [1.165, 1.54) is 32.4 Å². The quantitative estimate of drug-likeness (QED) is 0.334. The number of rotatable bonds is 7. The number of piperidine rings is 2. The van der Waals surface area contributed by atoms with Gasteiger partial charge in [0.2, 0.25) is 5.91 Å². The lowest BCUT2D eigenvalue weighted by Crippen LogP contribution is -2.47. The lowest BCUT2D eigenvalue weighted by Gasteiger charge is -2.35. The number of amides is 1. The lowest BCUT2D eigenvalue weighted by atomic mass is 9.95. The van der Waals surface area contributed by atoms with E-state index in [2.05, 4.69) is 29.0 Å². The van der Waals surface area contributed by atoms with E-state index >= 15 is 0 Å². The van der Waals surface area contributed by atoms with E-state index in [4.69, 9.17) is 10.7 Å². The predicted octanol–water partition coefficient (Wildman–Crippen LogP) is 2.28. The second-order valence-electron chi connectivity index (χ2n) is 7.79. The third-order valence-electron chi connectivity index (χ3n) is 5.21. The van der Waals surface area contributed by atoms with Gasteiger partial charge >= 0.3 is 0 Å². The Kier molecular flexibility index (Phi) is 11.5. The molecule has 2 rings (SSSR count). The van der Waals surface area contributed by atoms with Crippen molar-refractivity contribution in [2.45, 2.75) is 52.4 Å². The van der Waals surface area contributed by atoms with Gasteiger partial charge < -0.3 is 20.9 Å². The molecule has 3 N–H and O–H groups in total. The van der Waals surface area contributed by atoms with Gasteiger partial charge in [0.25, 0.3) is 0 Å². The Hall–Kier alpha value is -0.570. The van der Waals surface area contributed by atoms with Crippen molar-refractivity contribution in [2.75, 3.05) is 45.8 Å². The molecule has 1 amide bonds. The van der Waals surface area contributed by atoms with Gasteiger partial charge in [-0.2, -0.15) is 0 Å². The van der Waals surface area contributed by atoms with Crippen molar-refractivity contribution in [2.24, 2.45) is 22.6 Å². The number of hydrogen-bond acceptors (Lipinski definition) is 3. The molecule has 0 aromatic heterocycles. The van der Waals surface area contributed by atoms with Gasteiger partial charge in [-0.15, -0.1) is 24.0 Å². The zero-order chi connectivity index (χ0) is 18.1. The summed E-state index contributed by atoms with van der Waals surface area (Å²) in [5.74, 6) is 1.74. The van der Waals surface area contributed by atoms with Crippen LogP contribution in [0.25, 0.3) is 0 Å². The molecule has 0 radical (unpaired) electrons. The molecule has 0 aliphatic carbocycles. The Bertz CT molecular complexity index is 440. The molecule has 2 atom stereocenters. The van der Waals surface area contributed by atoms with E-state index in [1.807, 2.05) is 0 Å². The van der Waals surface area contributed by atoms with Crippen molar-refractivity contribution in [3.05, 3.63) is 0 Å². The summed E-state index contributed by atoms with van der Waals surface area (Å²) in [7, 11) is 0. The zero-order valence-corrected chi connectivity index (χ0v) is 18.9. The Morgan fingerprint density at radius 3 is 2.62 bits per heavy atom. The van der Waals surface area contributed by atoms with Crippen LogP contribution in [0.1, 0.15) is 52.4 Å². The summed E-state index contributed by atoms with van der Waals surface area (Å²) in [6.07, 6.45) is 6.74. The second kappa shape index (κ2) is 12.8. The minimum Gasteiger partial charge on any atom is -0.370 e. The van der Waals surface area contributed by atoms with Crippen molar-refractivity contribution in [1.82, 2.24) is 15.1 Å². The number of carbonyl (C=O) groups excluding carboxylic acids is 1. The topological polar surface area (TPSA) is 74.0 Å².